The SMILES string of the molecule is CC(=O)N(CC(=O)N1CCN(c2cccc(C)c2)CC1)Cc1ccncc1. The van der Waals surface area contributed by atoms with Gasteiger partial charge in [-0.15, -0.1) is 0 Å². The van der Waals surface area contributed by atoms with Crippen molar-refractivity contribution >= 4 is 17.5 Å². The molecule has 0 saturated carbocycles. The predicted molar refractivity (Wildman–Crippen MR) is 105 cm³/mol. The number of nitrogens with zero attached hydrogens (tertiary/aromatic N) is 4. The average molecular weight is 366 g/mol. The molecule has 1 aliphatic rings. The van der Waals surface area contributed by atoms with Crippen LogP contribution in [0.3, 0.4) is 0 Å². The first-order valence-corrected chi connectivity index (χ1v) is 9.27. The van der Waals surface area contributed by atoms with E-state index in [-0.39, 0.29) is 18.4 Å². The van der Waals surface area contributed by atoms with Gasteiger partial charge >= 0.3 is 0 Å². The van der Waals surface area contributed by atoms with Gasteiger partial charge in [0, 0.05) is 57.7 Å². The van der Waals surface area contributed by atoms with Crippen molar-refractivity contribution in [2.75, 3.05) is 37.6 Å². The summed E-state index contributed by atoms with van der Waals surface area (Å²) >= 11 is 0. The number of rotatable bonds is 5. The largest absolute Gasteiger partial charge is 0.368 e. The number of anilines is 1. The summed E-state index contributed by atoms with van der Waals surface area (Å²) in [7, 11) is 0. The number of pyridine rings is 1. The first-order chi connectivity index (χ1) is 13.0. The zero-order valence-corrected chi connectivity index (χ0v) is 16.0. The van der Waals surface area contributed by atoms with Crippen LogP contribution < -0.4 is 4.90 Å². The van der Waals surface area contributed by atoms with Crippen molar-refractivity contribution in [2.45, 2.75) is 20.4 Å². The van der Waals surface area contributed by atoms with E-state index in [1.807, 2.05) is 17.0 Å². The molecule has 6 nitrogen and oxygen atoms in total. The van der Waals surface area contributed by atoms with Gasteiger partial charge < -0.3 is 14.7 Å². The van der Waals surface area contributed by atoms with Crippen molar-refractivity contribution in [2.24, 2.45) is 0 Å². The normalized spacial score (nSPS) is 14.1. The third-order valence-electron chi connectivity index (χ3n) is 4.89. The summed E-state index contributed by atoms with van der Waals surface area (Å²) < 4.78 is 0. The minimum absolute atomic E-state index is 0.00292. The number of aryl methyl sites for hydroxylation is 1. The molecule has 0 atom stereocenters. The number of amides is 2. The lowest BCUT2D eigenvalue weighted by Crippen LogP contribution is -2.51. The maximum atomic E-state index is 12.7. The Morgan fingerprint density at radius 2 is 1.78 bits per heavy atom. The molecular formula is C21H26N4O2. The molecule has 0 N–H and O–H groups in total. The van der Waals surface area contributed by atoms with E-state index in [0.717, 1.165) is 18.7 Å². The zero-order chi connectivity index (χ0) is 19.2. The van der Waals surface area contributed by atoms with Gasteiger partial charge in [-0.1, -0.05) is 12.1 Å². The molecule has 6 heteroatoms. The van der Waals surface area contributed by atoms with Gasteiger partial charge in [-0.05, 0) is 42.3 Å². The van der Waals surface area contributed by atoms with Crippen molar-refractivity contribution < 1.29 is 9.59 Å². The standard InChI is InChI=1S/C21H26N4O2/c1-17-4-3-5-20(14-17)23-10-12-24(13-11-23)21(27)16-25(18(2)26)15-19-6-8-22-9-7-19/h3-9,14H,10-13,15-16H2,1-2H3. The van der Waals surface area contributed by atoms with E-state index in [1.165, 1.54) is 18.2 Å². The number of aromatic nitrogens is 1. The maximum absolute atomic E-state index is 12.7. The Balaban J connectivity index is 1.55. The highest BCUT2D eigenvalue weighted by atomic mass is 16.2. The second kappa shape index (κ2) is 8.66. The fourth-order valence-corrected chi connectivity index (χ4v) is 3.29. The van der Waals surface area contributed by atoms with Crippen molar-refractivity contribution in [3.05, 3.63) is 59.9 Å². The maximum Gasteiger partial charge on any atom is 0.242 e. The van der Waals surface area contributed by atoms with E-state index in [9.17, 15) is 9.59 Å². The second-order valence-corrected chi connectivity index (χ2v) is 6.94. The van der Waals surface area contributed by atoms with Crippen LogP contribution in [0.25, 0.3) is 0 Å². The molecular weight excluding hydrogens is 340 g/mol. The van der Waals surface area contributed by atoms with Crippen molar-refractivity contribution in [3.63, 3.8) is 0 Å². The Morgan fingerprint density at radius 3 is 2.41 bits per heavy atom. The van der Waals surface area contributed by atoms with Crippen LogP contribution in [0.4, 0.5) is 5.69 Å². The van der Waals surface area contributed by atoms with Gasteiger partial charge in [-0.2, -0.15) is 0 Å². The Hall–Kier alpha value is -2.89. The molecule has 0 bridgehead atoms. The number of piperazine rings is 1. The monoisotopic (exact) mass is 366 g/mol. The van der Waals surface area contributed by atoms with Crippen LogP contribution in [-0.2, 0) is 16.1 Å². The van der Waals surface area contributed by atoms with Gasteiger partial charge in [0.15, 0.2) is 0 Å². The van der Waals surface area contributed by atoms with E-state index >= 15 is 0 Å². The number of benzene rings is 1. The van der Waals surface area contributed by atoms with Crippen molar-refractivity contribution in [3.8, 4) is 0 Å². The molecule has 142 valence electrons. The zero-order valence-electron chi connectivity index (χ0n) is 16.0. The van der Waals surface area contributed by atoms with E-state index in [1.54, 1.807) is 17.3 Å². The van der Waals surface area contributed by atoms with E-state index in [0.29, 0.717) is 19.6 Å². The van der Waals surface area contributed by atoms with Crippen LogP contribution in [0.5, 0.6) is 0 Å². The highest BCUT2D eigenvalue weighted by Gasteiger charge is 2.24. The summed E-state index contributed by atoms with van der Waals surface area (Å²) in [5.41, 5.74) is 3.40. The lowest BCUT2D eigenvalue weighted by molar-refractivity contribution is -0.140. The minimum atomic E-state index is -0.0986. The van der Waals surface area contributed by atoms with Gasteiger partial charge in [-0.3, -0.25) is 14.6 Å². The van der Waals surface area contributed by atoms with Crippen LogP contribution in [0.2, 0.25) is 0 Å². The summed E-state index contributed by atoms with van der Waals surface area (Å²) in [4.78, 5) is 34.4. The number of hydrogen-bond acceptors (Lipinski definition) is 4. The predicted octanol–water partition coefficient (Wildman–Crippen LogP) is 2.09. The molecule has 2 amide bonds. The second-order valence-electron chi connectivity index (χ2n) is 6.94. The van der Waals surface area contributed by atoms with Gasteiger partial charge in [0.05, 0.1) is 0 Å². The highest BCUT2D eigenvalue weighted by Crippen LogP contribution is 2.18. The molecule has 1 fully saturated rings. The molecule has 1 aliphatic heterocycles. The van der Waals surface area contributed by atoms with Gasteiger partial charge in [0.1, 0.15) is 6.54 Å². The van der Waals surface area contributed by atoms with Crippen LogP contribution in [0.1, 0.15) is 18.1 Å². The highest BCUT2D eigenvalue weighted by molar-refractivity contribution is 5.84. The Kier molecular flexibility index (Phi) is 6.06. The van der Waals surface area contributed by atoms with E-state index in [2.05, 4.69) is 41.1 Å². The molecule has 27 heavy (non-hydrogen) atoms. The van der Waals surface area contributed by atoms with Gasteiger partial charge in [-0.25, -0.2) is 0 Å². The van der Waals surface area contributed by atoms with Gasteiger partial charge in [0.2, 0.25) is 11.8 Å². The lowest BCUT2D eigenvalue weighted by atomic mass is 10.2. The van der Waals surface area contributed by atoms with E-state index in [4.69, 9.17) is 0 Å². The molecule has 1 aromatic heterocycles. The summed E-state index contributed by atoms with van der Waals surface area (Å²) in [5, 5.41) is 0. The third-order valence-corrected chi connectivity index (χ3v) is 4.89. The summed E-state index contributed by atoms with van der Waals surface area (Å²) in [6.45, 7) is 7.09. The van der Waals surface area contributed by atoms with Crippen LogP contribution >= 0.6 is 0 Å². The first-order valence-electron chi connectivity index (χ1n) is 9.27. The topological polar surface area (TPSA) is 56.8 Å². The fourth-order valence-electron chi connectivity index (χ4n) is 3.29. The Morgan fingerprint density at radius 1 is 1.07 bits per heavy atom. The van der Waals surface area contributed by atoms with Crippen LogP contribution in [0, 0.1) is 6.92 Å². The molecule has 0 unspecified atom stereocenters. The average Bonchev–Trinajstić information content (AvgIpc) is 2.68. The Bertz CT molecular complexity index is 786. The lowest BCUT2D eigenvalue weighted by Gasteiger charge is -2.37. The summed E-state index contributed by atoms with van der Waals surface area (Å²) in [6.07, 6.45) is 3.39. The molecule has 0 spiro atoms. The third kappa shape index (κ3) is 5.06. The number of hydrogen-bond donors (Lipinski definition) is 0. The van der Waals surface area contributed by atoms with Gasteiger partial charge in [0.25, 0.3) is 0 Å². The molecule has 2 aromatic rings. The quantitative estimate of drug-likeness (QED) is 0.813. The molecule has 1 aromatic carbocycles. The molecule has 0 aliphatic carbocycles. The minimum Gasteiger partial charge on any atom is -0.368 e. The first kappa shape index (κ1) is 18.9. The Labute approximate surface area is 160 Å². The molecule has 0 radical (unpaired) electrons. The number of carbonyl (C=O) groups excluding carboxylic acids is 2. The molecule has 3 rings (SSSR count). The summed E-state index contributed by atoms with van der Waals surface area (Å²) in [5.74, 6) is -0.0956. The molecule has 1 saturated heterocycles. The van der Waals surface area contributed by atoms with Crippen molar-refractivity contribution in [1.82, 2.24) is 14.8 Å². The van der Waals surface area contributed by atoms with Crippen LogP contribution in [0.15, 0.2) is 48.8 Å². The number of carbonyl (C=O) groups is 2. The fraction of sp³-hybridized carbons (Fsp3) is 0.381. The smallest absolute Gasteiger partial charge is 0.242 e. The van der Waals surface area contributed by atoms with Crippen LogP contribution in [-0.4, -0.2) is 59.3 Å². The van der Waals surface area contributed by atoms with E-state index < -0.39 is 0 Å². The van der Waals surface area contributed by atoms with Crippen molar-refractivity contribution in [1.29, 1.82) is 0 Å². The summed E-state index contributed by atoms with van der Waals surface area (Å²) in [6, 6.07) is 12.1. The molecule has 2 heterocycles.